The molecule has 0 unspecified atom stereocenters. The molecule has 0 atom stereocenters. The Bertz CT molecular complexity index is 997. The molecule has 5 heteroatoms. The zero-order chi connectivity index (χ0) is 20.2. The van der Waals surface area contributed by atoms with Crippen molar-refractivity contribution in [3.63, 3.8) is 0 Å². The monoisotopic (exact) mass is 390 g/mol. The van der Waals surface area contributed by atoms with E-state index in [0.717, 1.165) is 48.7 Å². The van der Waals surface area contributed by atoms with Gasteiger partial charge in [-0.15, -0.1) is 0 Å². The van der Waals surface area contributed by atoms with Crippen LogP contribution in [-0.2, 0) is 4.74 Å². The van der Waals surface area contributed by atoms with Crippen molar-refractivity contribution in [3.05, 3.63) is 83.7 Å². The minimum absolute atomic E-state index is 0.0340. The molecule has 4 rings (SSSR count). The van der Waals surface area contributed by atoms with E-state index in [-0.39, 0.29) is 5.56 Å². The summed E-state index contributed by atoms with van der Waals surface area (Å²) in [6.07, 6.45) is 0. The Hall–Kier alpha value is -3.18. The second-order valence-corrected chi connectivity index (χ2v) is 7.11. The summed E-state index contributed by atoms with van der Waals surface area (Å²) in [5.41, 5.74) is 4.34. The molecule has 0 spiro atoms. The van der Waals surface area contributed by atoms with Crippen LogP contribution < -0.4 is 10.2 Å². The van der Waals surface area contributed by atoms with E-state index in [9.17, 15) is 9.18 Å². The van der Waals surface area contributed by atoms with Crippen molar-refractivity contribution in [2.24, 2.45) is 0 Å². The fourth-order valence-corrected chi connectivity index (χ4v) is 3.55. The lowest BCUT2D eigenvalue weighted by Gasteiger charge is -2.28. The molecule has 3 aromatic carbocycles. The molecule has 1 fully saturated rings. The molecule has 4 nitrogen and oxygen atoms in total. The molecule has 29 heavy (non-hydrogen) atoms. The lowest BCUT2D eigenvalue weighted by molar-refractivity contribution is 0.102. The predicted octanol–water partition coefficient (Wildman–Crippen LogP) is 4.89. The van der Waals surface area contributed by atoms with E-state index in [4.69, 9.17) is 4.74 Å². The molecule has 0 radical (unpaired) electrons. The van der Waals surface area contributed by atoms with Gasteiger partial charge < -0.3 is 15.0 Å². The first-order valence-electron chi connectivity index (χ1n) is 9.71. The van der Waals surface area contributed by atoms with Crippen LogP contribution >= 0.6 is 0 Å². The van der Waals surface area contributed by atoms with Crippen LogP contribution in [0.4, 0.5) is 15.8 Å². The van der Waals surface area contributed by atoms with Crippen molar-refractivity contribution in [1.29, 1.82) is 0 Å². The van der Waals surface area contributed by atoms with Gasteiger partial charge in [-0.1, -0.05) is 30.3 Å². The van der Waals surface area contributed by atoms with E-state index in [2.05, 4.69) is 10.2 Å². The molecule has 0 aliphatic carbocycles. The topological polar surface area (TPSA) is 41.6 Å². The smallest absolute Gasteiger partial charge is 0.258 e. The summed E-state index contributed by atoms with van der Waals surface area (Å²) in [6.45, 7) is 4.98. The number of rotatable bonds is 4. The number of nitrogens with zero attached hydrogens (tertiary/aromatic N) is 1. The first-order chi connectivity index (χ1) is 14.1. The Kier molecular flexibility index (Phi) is 5.58. The maximum Gasteiger partial charge on any atom is 0.258 e. The standard InChI is InChI=1S/C24H23FN2O2/c1-17-15-23(25)22(16-21(17)18-5-3-2-4-6-18)24(28)26-19-7-9-20(10-8-19)27-11-13-29-14-12-27/h2-10,15-16H,11-14H2,1H3,(H,26,28). The summed E-state index contributed by atoms with van der Waals surface area (Å²) in [5.74, 6) is -0.983. The van der Waals surface area contributed by atoms with Crippen molar-refractivity contribution in [3.8, 4) is 11.1 Å². The van der Waals surface area contributed by atoms with Gasteiger partial charge in [0.05, 0.1) is 18.8 Å². The first kappa shape index (κ1) is 19.2. The molecular weight excluding hydrogens is 367 g/mol. The quantitative estimate of drug-likeness (QED) is 0.690. The van der Waals surface area contributed by atoms with E-state index in [0.29, 0.717) is 5.69 Å². The lowest BCUT2D eigenvalue weighted by Crippen LogP contribution is -2.36. The summed E-state index contributed by atoms with van der Waals surface area (Å²) in [4.78, 5) is 15.0. The average molecular weight is 390 g/mol. The van der Waals surface area contributed by atoms with Gasteiger partial charge in [-0.05, 0) is 60.0 Å². The number of aryl methyl sites for hydroxylation is 1. The molecule has 148 valence electrons. The second kappa shape index (κ2) is 8.45. The SMILES string of the molecule is Cc1cc(F)c(C(=O)Nc2ccc(N3CCOCC3)cc2)cc1-c1ccccc1. The summed E-state index contributed by atoms with van der Waals surface area (Å²) in [7, 11) is 0. The largest absolute Gasteiger partial charge is 0.378 e. The molecule has 1 aliphatic rings. The summed E-state index contributed by atoms with van der Waals surface area (Å²) in [6, 6.07) is 20.3. The van der Waals surface area contributed by atoms with Crippen molar-refractivity contribution in [1.82, 2.24) is 0 Å². The molecule has 0 bridgehead atoms. The highest BCUT2D eigenvalue weighted by Gasteiger charge is 2.16. The fraction of sp³-hybridized carbons (Fsp3) is 0.208. The van der Waals surface area contributed by atoms with Gasteiger partial charge in [-0.3, -0.25) is 4.79 Å². The van der Waals surface area contributed by atoms with Crippen molar-refractivity contribution in [2.45, 2.75) is 6.92 Å². The molecule has 3 aromatic rings. The number of halogens is 1. The van der Waals surface area contributed by atoms with Crippen molar-refractivity contribution >= 4 is 17.3 Å². The highest BCUT2D eigenvalue weighted by atomic mass is 19.1. The first-order valence-corrected chi connectivity index (χ1v) is 9.71. The van der Waals surface area contributed by atoms with Crippen LogP contribution in [-0.4, -0.2) is 32.2 Å². The number of morpholine rings is 1. The van der Waals surface area contributed by atoms with Crippen LogP contribution in [0.1, 0.15) is 15.9 Å². The lowest BCUT2D eigenvalue weighted by atomic mass is 9.97. The summed E-state index contributed by atoms with van der Waals surface area (Å²) < 4.78 is 19.9. The van der Waals surface area contributed by atoms with Crippen LogP contribution in [0, 0.1) is 12.7 Å². The molecule has 1 amide bonds. The predicted molar refractivity (Wildman–Crippen MR) is 114 cm³/mol. The average Bonchev–Trinajstić information content (AvgIpc) is 2.75. The number of carbonyl (C=O) groups excluding carboxylic acids is 1. The maximum atomic E-state index is 14.5. The van der Waals surface area contributed by atoms with E-state index in [1.807, 2.05) is 61.5 Å². The van der Waals surface area contributed by atoms with Gasteiger partial charge in [0.1, 0.15) is 5.82 Å². The van der Waals surface area contributed by atoms with Gasteiger partial charge in [0, 0.05) is 24.5 Å². The van der Waals surface area contributed by atoms with E-state index in [1.165, 1.54) is 6.07 Å². The number of ether oxygens (including phenoxy) is 1. The van der Waals surface area contributed by atoms with Gasteiger partial charge in [0.25, 0.3) is 5.91 Å². The zero-order valence-corrected chi connectivity index (χ0v) is 16.3. The number of carbonyl (C=O) groups is 1. The molecule has 1 aliphatic heterocycles. The van der Waals surface area contributed by atoms with Crippen LogP contribution in [0.15, 0.2) is 66.7 Å². The Labute approximate surface area is 169 Å². The third-order valence-electron chi connectivity index (χ3n) is 5.14. The molecule has 1 heterocycles. The zero-order valence-electron chi connectivity index (χ0n) is 16.3. The highest BCUT2D eigenvalue weighted by Crippen LogP contribution is 2.27. The van der Waals surface area contributed by atoms with Gasteiger partial charge >= 0.3 is 0 Å². The molecular formula is C24H23FN2O2. The van der Waals surface area contributed by atoms with Gasteiger partial charge in [0.15, 0.2) is 0 Å². The van der Waals surface area contributed by atoms with Gasteiger partial charge in [-0.2, -0.15) is 0 Å². The van der Waals surface area contributed by atoms with Crippen LogP contribution in [0.5, 0.6) is 0 Å². The number of nitrogens with one attached hydrogen (secondary N) is 1. The van der Waals surface area contributed by atoms with E-state index < -0.39 is 11.7 Å². The maximum absolute atomic E-state index is 14.5. The number of amides is 1. The van der Waals surface area contributed by atoms with Crippen molar-refractivity contribution < 1.29 is 13.9 Å². The number of hydrogen-bond acceptors (Lipinski definition) is 3. The third kappa shape index (κ3) is 4.30. The Morgan fingerprint density at radius 3 is 2.38 bits per heavy atom. The van der Waals surface area contributed by atoms with Crippen LogP contribution in [0.25, 0.3) is 11.1 Å². The second-order valence-electron chi connectivity index (χ2n) is 7.11. The normalized spacial score (nSPS) is 13.9. The molecule has 0 saturated carbocycles. The Morgan fingerprint density at radius 1 is 1.00 bits per heavy atom. The number of hydrogen-bond donors (Lipinski definition) is 1. The summed E-state index contributed by atoms with van der Waals surface area (Å²) >= 11 is 0. The third-order valence-corrected chi connectivity index (χ3v) is 5.14. The number of anilines is 2. The Morgan fingerprint density at radius 2 is 1.69 bits per heavy atom. The minimum Gasteiger partial charge on any atom is -0.378 e. The van der Waals surface area contributed by atoms with Crippen molar-refractivity contribution in [2.75, 3.05) is 36.5 Å². The minimum atomic E-state index is -0.524. The van der Waals surface area contributed by atoms with E-state index >= 15 is 0 Å². The molecule has 0 aromatic heterocycles. The highest BCUT2D eigenvalue weighted by molar-refractivity contribution is 6.05. The van der Waals surface area contributed by atoms with Gasteiger partial charge in [-0.25, -0.2) is 4.39 Å². The van der Waals surface area contributed by atoms with E-state index in [1.54, 1.807) is 6.07 Å². The van der Waals surface area contributed by atoms with Crippen LogP contribution in [0.3, 0.4) is 0 Å². The molecule has 1 N–H and O–H groups in total. The number of benzene rings is 3. The van der Waals surface area contributed by atoms with Gasteiger partial charge in [0.2, 0.25) is 0 Å². The van der Waals surface area contributed by atoms with Crippen LogP contribution in [0.2, 0.25) is 0 Å². The fourth-order valence-electron chi connectivity index (χ4n) is 3.55. The summed E-state index contributed by atoms with van der Waals surface area (Å²) in [5, 5.41) is 2.81. The molecule has 1 saturated heterocycles. The Balaban J connectivity index is 1.54.